The van der Waals surface area contributed by atoms with Crippen LogP contribution in [0.5, 0.6) is 11.5 Å². The van der Waals surface area contributed by atoms with Crippen LogP contribution in [0.25, 0.3) is 42.6 Å². The molecular formula is C49H34N4OSSi. The molecule has 0 fully saturated rings. The number of hydrogen-bond acceptors (Lipinski definition) is 5. The normalized spacial score (nSPS) is 13.2. The molecule has 11 rings (SSSR count). The number of pyridine rings is 1. The maximum absolute atomic E-state index is 7.16. The molecule has 1 aliphatic rings. The Bertz CT molecular complexity index is 3050. The maximum atomic E-state index is 7.16. The fourth-order valence-corrected chi connectivity index (χ4v) is 15.4. The number of aryl methyl sites for hydroxylation is 1. The van der Waals surface area contributed by atoms with Crippen molar-refractivity contribution in [2.24, 2.45) is 7.05 Å². The van der Waals surface area contributed by atoms with Crippen LogP contribution in [0.1, 0.15) is 0 Å². The average molecular weight is 755 g/mol. The molecule has 5 nitrogen and oxygen atoms in total. The van der Waals surface area contributed by atoms with E-state index in [4.69, 9.17) is 14.7 Å². The fraction of sp³-hybridized carbons (Fsp3) is 0.0204. The fourth-order valence-electron chi connectivity index (χ4n) is 8.84. The van der Waals surface area contributed by atoms with Crippen LogP contribution in [0.2, 0.25) is 0 Å². The van der Waals surface area contributed by atoms with E-state index in [1.807, 2.05) is 24.4 Å². The molecule has 0 saturated carbocycles. The van der Waals surface area contributed by atoms with Crippen LogP contribution in [0.15, 0.2) is 188 Å². The summed E-state index contributed by atoms with van der Waals surface area (Å²) in [6.07, 6.45) is 1.88. The van der Waals surface area contributed by atoms with Gasteiger partial charge in [0.2, 0.25) is 0 Å². The highest BCUT2D eigenvalue weighted by atomic mass is 32.1. The summed E-state index contributed by atoms with van der Waals surface area (Å²) in [4.78, 5) is 12.4. The van der Waals surface area contributed by atoms with E-state index in [1.54, 1.807) is 11.3 Å². The van der Waals surface area contributed by atoms with Crippen LogP contribution >= 0.6 is 11.3 Å². The van der Waals surface area contributed by atoms with Crippen molar-refractivity contribution in [1.29, 1.82) is 0 Å². The molecule has 7 aromatic carbocycles. The number of ether oxygens (including phenoxy) is 1. The highest BCUT2D eigenvalue weighted by Crippen LogP contribution is 2.48. The molecule has 10 aromatic rings. The minimum Gasteiger partial charge on any atom is -0.456 e. The summed E-state index contributed by atoms with van der Waals surface area (Å²) in [5, 5.41) is 7.80. The Kier molecular flexibility index (Phi) is 7.52. The van der Waals surface area contributed by atoms with Gasteiger partial charge in [0.25, 0.3) is 0 Å². The summed E-state index contributed by atoms with van der Waals surface area (Å²) in [5.41, 5.74) is 5.27. The van der Waals surface area contributed by atoms with Crippen molar-refractivity contribution < 1.29 is 4.74 Å². The second-order valence-electron chi connectivity index (χ2n) is 14.2. The molecule has 0 atom stereocenters. The van der Waals surface area contributed by atoms with Crippen LogP contribution in [0.3, 0.4) is 0 Å². The predicted octanol–water partition coefficient (Wildman–Crippen LogP) is 9.96. The number of benzene rings is 7. The highest BCUT2D eigenvalue weighted by molar-refractivity contribution is 7.28. The van der Waals surface area contributed by atoms with Gasteiger partial charge in [-0.1, -0.05) is 127 Å². The van der Waals surface area contributed by atoms with Gasteiger partial charge >= 0.3 is 0 Å². The Balaban J connectivity index is 1.24. The minimum absolute atomic E-state index is 0.753. The van der Waals surface area contributed by atoms with Crippen LogP contribution in [-0.2, 0) is 7.05 Å². The lowest BCUT2D eigenvalue weighted by Crippen LogP contribution is -2.77. The van der Waals surface area contributed by atoms with E-state index in [2.05, 4.69) is 180 Å². The molecule has 3 aromatic heterocycles. The topological polar surface area (TPSA) is 43.2 Å². The van der Waals surface area contributed by atoms with Gasteiger partial charge in [-0.3, -0.25) is 4.90 Å². The number of fused-ring (bicyclic) bond motifs is 7. The summed E-state index contributed by atoms with van der Waals surface area (Å²) in [5.74, 6) is 3.32. The third-order valence-electron chi connectivity index (χ3n) is 11.2. The standard InChI is InChI=1S/C49H34N4OSSi/c1-52-39-25-10-9-24-38(39)51-49(52)33-17-16-18-34(31-33)54-42-32-41-48(46-37-23-8-12-27-43(37)55-47(42)46)56(35-19-4-2-5-20-35,36-21-6-3-7-22-36)44-28-13-11-26-40(44)53(41)45-29-14-15-30-50-45/h2-32H,1H3. The molecule has 1 aliphatic heterocycles. The molecule has 0 N–H and O–H groups in total. The van der Waals surface area contributed by atoms with Gasteiger partial charge in [0, 0.05) is 46.0 Å². The lowest BCUT2D eigenvalue weighted by Gasteiger charge is -2.45. The molecular weight excluding hydrogens is 721 g/mol. The Labute approximate surface area is 329 Å². The van der Waals surface area contributed by atoms with Gasteiger partial charge in [-0.2, -0.15) is 0 Å². The zero-order valence-electron chi connectivity index (χ0n) is 30.5. The van der Waals surface area contributed by atoms with E-state index < -0.39 is 8.07 Å². The van der Waals surface area contributed by atoms with E-state index in [1.165, 1.54) is 36.2 Å². The molecule has 0 spiro atoms. The quantitative estimate of drug-likeness (QED) is 0.159. The number of imidazole rings is 1. The zero-order chi connectivity index (χ0) is 37.2. The van der Waals surface area contributed by atoms with Gasteiger partial charge in [-0.25, -0.2) is 9.97 Å². The first-order valence-electron chi connectivity index (χ1n) is 18.8. The average Bonchev–Trinajstić information content (AvgIpc) is 3.82. The monoisotopic (exact) mass is 754 g/mol. The molecule has 0 unspecified atom stereocenters. The number of anilines is 3. The summed E-state index contributed by atoms with van der Waals surface area (Å²) in [7, 11) is -0.945. The number of para-hydroxylation sites is 3. The number of aromatic nitrogens is 3. The van der Waals surface area contributed by atoms with Crippen molar-refractivity contribution in [3.8, 4) is 22.9 Å². The third kappa shape index (κ3) is 4.84. The Morgan fingerprint density at radius 2 is 1.34 bits per heavy atom. The Morgan fingerprint density at radius 3 is 2.12 bits per heavy atom. The van der Waals surface area contributed by atoms with Crippen molar-refractivity contribution >= 4 is 88.6 Å². The largest absolute Gasteiger partial charge is 0.456 e. The third-order valence-corrected chi connectivity index (χ3v) is 17.2. The lowest BCUT2D eigenvalue weighted by molar-refractivity contribution is 0.489. The molecule has 0 radical (unpaired) electrons. The van der Waals surface area contributed by atoms with E-state index in [0.717, 1.165) is 55.8 Å². The Morgan fingerprint density at radius 1 is 0.625 bits per heavy atom. The smallest absolute Gasteiger partial charge is 0.184 e. The number of rotatable bonds is 6. The van der Waals surface area contributed by atoms with Gasteiger partial charge in [0.1, 0.15) is 23.1 Å². The van der Waals surface area contributed by atoms with E-state index in [0.29, 0.717) is 0 Å². The van der Waals surface area contributed by atoms with Crippen LogP contribution in [-0.4, -0.2) is 22.6 Å². The maximum Gasteiger partial charge on any atom is 0.184 e. The second kappa shape index (κ2) is 12.9. The molecule has 56 heavy (non-hydrogen) atoms. The molecule has 0 bridgehead atoms. The first-order chi connectivity index (χ1) is 27.7. The highest BCUT2D eigenvalue weighted by Gasteiger charge is 2.51. The van der Waals surface area contributed by atoms with Crippen molar-refractivity contribution in [3.05, 3.63) is 188 Å². The van der Waals surface area contributed by atoms with Crippen LogP contribution in [0.4, 0.5) is 17.2 Å². The van der Waals surface area contributed by atoms with E-state index in [-0.39, 0.29) is 0 Å². The summed E-state index contributed by atoms with van der Waals surface area (Å²) in [6.45, 7) is 0. The molecule has 4 heterocycles. The van der Waals surface area contributed by atoms with E-state index >= 15 is 0 Å². The number of nitrogens with zero attached hydrogens (tertiary/aromatic N) is 4. The van der Waals surface area contributed by atoms with Gasteiger partial charge in [0.15, 0.2) is 8.07 Å². The first-order valence-corrected chi connectivity index (χ1v) is 21.6. The van der Waals surface area contributed by atoms with Gasteiger partial charge in [-0.15, -0.1) is 11.3 Å². The van der Waals surface area contributed by atoms with Gasteiger partial charge in [0.05, 0.1) is 21.4 Å². The lowest BCUT2D eigenvalue weighted by atomic mass is 10.1. The van der Waals surface area contributed by atoms with Crippen molar-refractivity contribution in [3.63, 3.8) is 0 Å². The van der Waals surface area contributed by atoms with Crippen LogP contribution in [0, 0.1) is 0 Å². The molecule has 7 heteroatoms. The second-order valence-corrected chi connectivity index (χ2v) is 19.0. The van der Waals surface area contributed by atoms with Crippen molar-refractivity contribution in [2.75, 3.05) is 4.90 Å². The number of thiophene rings is 1. The summed E-state index contributed by atoms with van der Waals surface area (Å²) in [6, 6.07) is 65.2. The summed E-state index contributed by atoms with van der Waals surface area (Å²) < 4.78 is 11.7. The van der Waals surface area contributed by atoms with Crippen molar-refractivity contribution in [1.82, 2.24) is 14.5 Å². The predicted molar refractivity (Wildman–Crippen MR) is 235 cm³/mol. The van der Waals surface area contributed by atoms with Crippen LogP contribution < -0.4 is 30.4 Å². The van der Waals surface area contributed by atoms with E-state index in [9.17, 15) is 0 Å². The van der Waals surface area contributed by atoms with Gasteiger partial charge in [-0.05, 0) is 69.3 Å². The molecule has 0 saturated heterocycles. The Hall–Kier alpha value is -6.80. The molecule has 266 valence electrons. The van der Waals surface area contributed by atoms with Gasteiger partial charge < -0.3 is 9.30 Å². The SMILES string of the molecule is Cn1c(-c2cccc(Oc3cc4c(c5c3sc3ccccc35)[Si](c3ccccc3)(c3ccccc3)c3ccccc3N4c3ccccn3)c2)nc2ccccc21. The molecule has 0 aliphatic carbocycles. The minimum atomic E-state index is -3.02. The zero-order valence-corrected chi connectivity index (χ0v) is 32.3. The van der Waals surface area contributed by atoms with Crippen molar-refractivity contribution in [2.45, 2.75) is 0 Å². The number of hydrogen-bond donors (Lipinski definition) is 0. The molecule has 0 amide bonds. The first kappa shape index (κ1) is 32.6. The summed E-state index contributed by atoms with van der Waals surface area (Å²) >= 11 is 1.80.